The fourth-order valence-corrected chi connectivity index (χ4v) is 2.94. The number of rotatable bonds is 2. The van der Waals surface area contributed by atoms with E-state index in [0.717, 1.165) is 11.0 Å². The fourth-order valence-electron chi connectivity index (χ4n) is 2.61. The summed E-state index contributed by atoms with van der Waals surface area (Å²) >= 11 is 3.41. The third-order valence-corrected chi connectivity index (χ3v) is 3.66. The smallest absolute Gasteiger partial charge is 0.0632 e. The van der Waals surface area contributed by atoms with Crippen molar-refractivity contribution in [2.75, 3.05) is 0 Å². The summed E-state index contributed by atoms with van der Waals surface area (Å²) < 4.78 is 8.88. The highest BCUT2D eigenvalue weighted by Gasteiger charge is 2.40. The summed E-state index contributed by atoms with van der Waals surface area (Å²) in [4.78, 5) is 0. The molecule has 0 aromatic carbocycles. The quantitative estimate of drug-likeness (QED) is 0.812. The number of nitrogens with zero attached hydrogens (tertiary/aromatic N) is 2. The maximum Gasteiger partial charge on any atom is 0.0632 e. The van der Waals surface area contributed by atoms with Gasteiger partial charge < -0.3 is 4.74 Å². The first-order valence-corrected chi connectivity index (χ1v) is 5.94. The minimum atomic E-state index is 0.503. The maximum absolute atomic E-state index is 5.81. The van der Waals surface area contributed by atoms with Crippen molar-refractivity contribution in [1.29, 1.82) is 0 Å². The number of fused-ring (bicyclic) bond motifs is 2. The molecule has 0 N–H and O–H groups in total. The molecule has 3 unspecified atom stereocenters. The Morgan fingerprint density at radius 3 is 3.07 bits per heavy atom. The standard InChI is InChI=1S/C10H13BrN2O/c11-8-4-12-13(6-8)5-7-3-9-1-2-10(7)14-9/h4,6-7,9-10H,1-3,5H2. The Morgan fingerprint density at radius 2 is 2.50 bits per heavy atom. The van der Waals surface area contributed by atoms with Gasteiger partial charge in [0.25, 0.3) is 0 Å². The highest BCUT2D eigenvalue weighted by atomic mass is 79.9. The highest BCUT2D eigenvalue weighted by Crippen LogP contribution is 2.39. The normalized spacial score (nSPS) is 35.4. The molecule has 2 saturated heterocycles. The van der Waals surface area contributed by atoms with Gasteiger partial charge in [-0.05, 0) is 35.2 Å². The third kappa shape index (κ3) is 1.50. The van der Waals surface area contributed by atoms with Crippen molar-refractivity contribution in [2.24, 2.45) is 5.92 Å². The van der Waals surface area contributed by atoms with Crippen LogP contribution >= 0.6 is 15.9 Å². The molecule has 2 bridgehead atoms. The number of ether oxygens (including phenoxy) is 1. The Hall–Kier alpha value is -0.350. The van der Waals surface area contributed by atoms with E-state index >= 15 is 0 Å². The van der Waals surface area contributed by atoms with E-state index in [4.69, 9.17) is 4.74 Å². The first kappa shape index (κ1) is 8.92. The van der Waals surface area contributed by atoms with Crippen LogP contribution in [0.1, 0.15) is 19.3 Å². The van der Waals surface area contributed by atoms with Crippen LogP contribution < -0.4 is 0 Å². The molecule has 76 valence electrons. The van der Waals surface area contributed by atoms with Crippen LogP contribution in [-0.4, -0.2) is 22.0 Å². The van der Waals surface area contributed by atoms with Crippen molar-refractivity contribution in [2.45, 2.75) is 38.0 Å². The van der Waals surface area contributed by atoms with E-state index in [1.165, 1.54) is 19.3 Å². The first-order chi connectivity index (χ1) is 6.81. The van der Waals surface area contributed by atoms with Crippen molar-refractivity contribution in [3.63, 3.8) is 0 Å². The molecule has 14 heavy (non-hydrogen) atoms. The molecule has 0 spiro atoms. The van der Waals surface area contributed by atoms with Gasteiger partial charge in [0.05, 0.1) is 22.9 Å². The molecule has 1 aromatic heterocycles. The van der Waals surface area contributed by atoms with Gasteiger partial charge in [-0.25, -0.2) is 0 Å². The van der Waals surface area contributed by atoms with Crippen LogP contribution in [-0.2, 0) is 11.3 Å². The number of halogens is 1. The molecule has 3 rings (SSSR count). The monoisotopic (exact) mass is 256 g/mol. The van der Waals surface area contributed by atoms with E-state index in [1.807, 2.05) is 17.1 Å². The molecule has 1 aromatic rings. The molecule has 0 saturated carbocycles. The molecule has 4 heteroatoms. The average Bonchev–Trinajstić information content (AvgIpc) is 2.82. The van der Waals surface area contributed by atoms with Gasteiger partial charge >= 0.3 is 0 Å². The van der Waals surface area contributed by atoms with E-state index in [9.17, 15) is 0 Å². The van der Waals surface area contributed by atoms with Gasteiger partial charge in [-0.3, -0.25) is 4.68 Å². The number of hydrogen-bond donors (Lipinski definition) is 0. The number of hydrogen-bond acceptors (Lipinski definition) is 2. The van der Waals surface area contributed by atoms with E-state index in [1.54, 1.807) is 0 Å². The van der Waals surface area contributed by atoms with Gasteiger partial charge in [0.1, 0.15) is 0 Å². The van der Waals surface area contributed by atoms with Crippen LogP contribution in [0.2, 0.25) is 0 Å². The van der Waals surface area contributed by atoms with Gasteiger partial charge in [0.2, 0.25) is 0 Å². The lowest BCUT2D eigenvalue weighted by atomic mass is 9.89. The Balaban J connectivity index is 1.68. The fraction of sp³-hybridized carbons (Fsp3) is 0.700. The molecular formula is C10H13BrN2O. The molecule has 2 fully saturated rings. The SMILES string of the molecule is Brc1cnn(CC2CC3CCC2O3)c1. The van der Waals surface area contributed by atoms with E-state index in [-0.39, 0.29) is 0 Å². The second kappa shape index (κ2) is 3.35. The molecule has 0 radical (unpaired) electrons. The summed E-state index contributed by atoms with van der Waals surface area (Å²) in [6, 6.07) is 0. The lowest BCUT2D eigenvalue weighted by Gasteiger charge is -2.17. The van der Waals surface area contributed by atoms with Gasteiger partial charge in [-0.15, -0.1) is 0 Å². The van der Waals surface area contributed by atoms with Crippen LogP contribution in [0.25, 0.3) is 0 Å². The lowest BCUT2D eigenvalue weighted by molar-refractivity contribution is 0.0893. The minimum Gasteiger partial charge on any atom is -0.375 e. The van der Waals surface area contributed by atoms with Crippen LogP contribution in [0, 0.1) is 5.92 Å². The van der Waals surface area contributed by atoms with Crippen LogP contribution in [0.5, 0.6) is 0 Å². The largest absolute Gasteiger partial charge is 0.375 e. The molecular weight excluding hydrogens is 244 g/mol. The zero-order valence-electron chi connectivity index (χ0n) is 7.90. The molecule has 0 aliphatic carbocycles. The second-order valence-corrected chi connectivity index (χ2v) is 5.17. The van der Waals surface area contributed by atoms with Crippen LogP contribution in [0.15, 0.2) is 16.9 Å². The molecule has 3 atom stereocenters. The van der Waals surface area contributed by atoms with Crippen molar-refractivity contribution in [3.05, 3.63) is 16.9 Å². The van der Waals surface area contributed by atoms with Crippen LogP contribution in [0.3, 0.4) is 0 Å². The maximum atomic E-state index is 5.81. The summed E-state index contributed by atoms with van der Waals surface area (Å²) in [5, 5.41) is 4.28. The minimum absolute atomic E-state index is 0.503. The van der Waals surface area contributed by atoms with Gasteiger partial charge in [0.15, 0.2) is 0 Å². The van der Waals surface area contributed by atoms with Crippen molar-refractivity contribution < 1.29 is 4.74 Å². The topological polar surface area (TPSA) is 27.1 Å². The summed E-state index contributed by atoms with van der Waals surface area (Å²) in [5.41, 5.74) is 0. The predicted octanol–water partition coefficient (Wildman–Crippen LogP) is 2.21. The van der Waals surface area contributed by atoms with E-state index in [0.29, 0.717) is 18.1 Å². The first-order valence-electron chi connectivity index (χ1n) is 5.14. The van der Waals surface area contributed by atoms with Crippen LogP contribution in [0.4, 0.5) is 0 Å². The number of aromatic nitrogens is 2. The Bertz CT molecular complexity index is 339. The van der Waals surface area contributed by atoms with Gasteiger partial charge in [-0.2, -0.15) is 5.10 Å². The molecule has 3 nitrogen and oxygen atoms in total. The van der Waals surface area contributed by atoms with Gasteiger partial charge in [-0.1, -0.05) is 0 Å². The summed E-state index contributed by atoms with van der Waals surface area (Å²) in [7, 11) is 0. The zero-order chi connectivity index (χ0) is 9.54. The van der Waals surface area contributed by atoms with Gasteiger partial charge in [0, 0.05) is 18.7 Å². The van der Waals surface area contributed by atoms with Crippen molar-refractivity contribution in [1.82, 2.24) is 9.78 Å². The predicted molar refractivity (Wildman–Crippen MR) is 55.9 cm³/mol. The summed E-state index contributed by atoms with van der Waals surface area (Å²) in [6.07, 6.45) is 8.66. The third-order valence-electron chi connectivity index (χ3n) is 3.26. The Kier molecular flexibility index (Phi) is 2.13. The molecule has 2 aliphatic heterocycles. The Morgan fingerprint density at radius 1 is 1.57 bits per heavy atom. The van der Waals surface area contributed by atoms with E-state index < -0.39 is 0 Å². The molecule has 0 amide bonds. The lowest BCUT2D eigenvalue weighted by Crippen LogP contribution is -2.21. The van der Waals surface area contributed by atoms with E-state index in [2.05, 4.69) is 21.0 Å². The molecule has 3 heterocycles. The zero-order valence-corrected chi connectivity index (χ0v) is 9.48. The average molecular weight is 257 g/mol. The summed E-state index contributed by atoms with van der Waals surface area (Å²) in [6.45, 7) is 1.01. The van der Waals surface area contributed by atoms with Crippen molar-refractivity contribution >= 4 is 15.9 Å². The summed E-state index contributed by atoms with van der Waals surface area (Å²) in [5.74, 6) is 0.681. The van der Waals surface area contributed by atoms with Crippen molar-refractivity contribution in [3.8, 4) is 0 Å². The Labute approximate surface area is 91.6 Å². The molecule has 2 aliphatic rings. The second-order valence-electron chi connectivity index (χ2n) is 4.25. The highest BCUT2D eigenvalue weighted by molar-refractivity contribution is 9.10.